The first-order chi connectivity index (χ1) is 9.78. The van der Waals surface area contributed by atoms with Gasteiger partial charge in [-0.05, 0) is 56.2 Å². The Morgan fingerprint density at radius 2 is 2.00 bits per heavy atom. The summed E-state index contributed by atoms with van der Waals surface area (Å²) < 4.78 is 27.8. The Labute approximate surface area is 131 Å². The summed E-state index contributed by atoms with van der Waals surface area (Å²) in [6, 6.07) is 4.86. The van der Waals surface area contributed by atoms with Gasteiger partial charge in [-0.15, -0.1) is 0 Å². The molecule has 1 aromatic carbocycles. The SMILES string of the molecule is Cc1ccc(S(=O)(=O)NC2(CO)CCC(C)CC2)c(Cl)c1. The van der Waals surface area contributed by atoms with E-state index in [1.54, 1.807) is 12.1 Å². The third-order valence-corrected chi connectivity index (χ3v) is 6.32. The van der Waals surface area contributed by atoms with Crippen LogP contribution in [0.1, 0.15) is 38.2 Å². The summed E-state index contributed by atoms with van der Waals surface area (Å²) in [5, 5.41) is 9.90. The van der Waals surface area contributed by atoms with E-state index in [9.17, 15) is 13.5 Å². The molecule has 0 spiro atoms. The molecule has 1 aromatic rings. The Balaban J connectivity index is 2.27. The third kappa shape index (κ3) is 3.77. The van der Waals surface area contributed by atoms with E-state index in [0.717, 1.165) is 18.4 Å². The molecule has 0 saturated heterocycles. The predicted molar refractivity (Wildman–Crippen MR) is 84.0 cm³/mol. The molecule has 0 bridgehead atoms. The van der Waals surface area contributed by atoms with Crippen molar-refractivity contribution in [1.29, 1.82) is 0 Å². The first-order valence-corrected chi connectivity index (χ1v) is 9.05. The topological polar surface area (TPSA) is 66.4 Å². The fraction of sp³-hybridized carbons (Fsp3) is 0.600. The Hall–Kier alpha value is -0.620. The van der Waals surface area contributed by atoms with Crippen molar-refractivity contribution >= 4 is 21.6 Å². The standard InChI is InChI=1S/C15H22ClNO3S/c1-11-5-7-15(10-18,8-6-11)17-21(19,20)14-4-3-12(2)9-13(14)16/h3-4,9,11,17-18H,5-8,10H2,1-2H3. The molecule has 0 unspecified atom stereocenters. The quantitative estimate of drug-likeness (QED) is 0.891. The van der Waals surface area contributed by atoms with Gasteiger partial charge in [0.2, 0.25) is 10.0 Å². The summed E-state index contributed by atoms with van der Waals surface area (Å²) in [5.41, 5.74) is 0.141. The number of aliphatic hydroxyl groups is 1. The fourth-order valence-electron chi connectivity index (χ4n) is 2.77. The number of halogens is 1. The zero-order valence-electron chi connectivity index (χ0n) is 12.4. The molecule has 4 nitrogen and oxygen atoms in total. The Bertz CT molecular complexity index is 607. The van der Waals surface area contributed by atoms with E-state index >= 15 is 0 Å². The van der Waals surface area contributed by atoms with Crippen LogP contribution in [0.5, 0.6) is 0 Å². The molecule has 2 rings (SSSR count). The molecule has 0 radical (unpaired) electrons. The Morgan fingerprint density at radius 1 is 1.38 bits per heavy atom. The zero-order chi connectivity index (χ0) is 15.7. The van der Waals surface area contributed by atoms with E-state index in [1.807, 2.05) is 6.92 Å². The van der Waals surface area contributed by atoms with E-state index in [4.69, 9.17) is 11.6 Å². The van der Waals surface area contributed by atoms with Crippen molar-refractivity contribution in [3.8, 4) is 0 Å². The number of hydrogen-bond donors (Lipinski definition) is 2. The number of sulfonamides is 1. The minimum Gasteiger partial charge on any atom is -0.394 e. The van der Waals surface area contributed by atoms with Gasteiger partial charge >= 0.3 is 0 Å². The molecule has 2 N–H and O–H groups in total. The summed E-state index contributed by atoms with van der Waals surface area (Å²) in [6.45, 7) is 3.81. The first kappa shape index (κ1) is 16.7. The molecule has 0 aromatic heterocycles. The lowest BCUT2D eigenvalue weighted by Crippen LogP contribution is -2.53. The van der Waals surface area contributed by atoms with Crippen molar-refractivity contribution < 1.29 is 13.5 Å². The number of aliphatic hydroxyl groups excluding tert-OH is 1. The zero-order valence-corrected chi connectivity index (χ0v) is 14.0. The number of hydrogen-bond acceptors (Lipinski definition) is 3. The number of nitrogens with one attached hydrogen (secondary N) is 1. The van der Waals surface area contributed by atoms with Crippen LogP contribution in [0.3, 0.4) is 0 Å². The van der Waals surface area contributed by atoms with Crippen LogP contribution in [-0.4, -0.2) is 25.7 Å². The van der Waals surface area contributed by atoms with Crippen molar-refractivity contribution in [2.45, 2.75) is 50.0 Å². The third-order valence-electron chi connectivity index (χ3n) is 4.26. The minimum absolute atomic E-state index is 0.0706. The van der Waals surface area contributed by atoms with Crippen LogP contribution in [0.25, 0.3) is 0 Å². The highest BCUT2D eigenvalue weighted by molar-refractivity contribution is 7.89. The molecular weight excluding hydrogens is 310 g/mol. The number of rotatable bonds is 4. The highest BCUT2D eigenvalue weighted by Gasteiger charge is 2.38. The first-order valence-electron chi connectivity index (χ1n) is 7.19. The molecule has 118 valence electrons. The maximum atomic E-state index is 12.6. The van der Waals surface area contributed by atoms with Crippen LogP contribution in [0, 0.1) is 12.8 Å². The molecular formula is C15H22ClNO3S. The van der Waals surface area contributed by atoms with Crippen LogP contribution < -0.4 is 4.72 Å². The largest absolute Gasteiger partial charge is 0.394 e. The van der Waals surface area contributed by atoms with E-state index in [2.05, 4.69) is 11.6 Å². The molecule has 0 amide bonds. The molecule has 6 heteroatoms. The van der Waals surface area contributed by atoms with E-state index in [-0.39, 0.29) is 16.5 Å². The van der Waals surface area contributed by atoms with E-state index in [1.165, 1.54) is 6.07 Å². The van der Waals surface area contributed by atoms with Crippen LogP contribution in [-0.2, 0) is 10.0 Å². The lowest BCUT2D eigenvalue weighted by Gasteiger charge is -2.38. The lowest BCUT2D eigenvalue weighted by molar-refractivity contribution is 0.125. The average Bonchev–Trinajstić information content (AvgIpc) is 2.41. The van der Waals surface area contributed by atoms with E-state index < -0.39 is 15.6 Å². The van der Waals surface area contributed by atoms with Gasteiger partial charge in [-0.2, -0.15) is 0 Å². The summed E-state index contributed by atoms with van der Waals surface area (Å²) in [6.07, 6.45) is 3.11. The van der Waals surface area contributed by atoms with Gasteiger partial charge in [0.05, 0.1) is 17.2 Å². The molecule has 0 atom stereocenters. The van der Waals surface area contributed by atoms with Crippen LogP contribution >= 0.6 is 11.6 Å². The summed E-state index contributed by atoms with van der Waals surface area (Å²) in [7, 11) is -3.74. The van der Waals surface area contributed by atoms with E-state index in [0.29, 0.717) is 18.8 Å². The molecule has 1 aliphatic rings. The smallest absolute Gasteiger partial charge is 0.242 e. The summed E-state index contributed by atoms with van der Waals surface area (Å²) >= 11 is 6.06. The Kier molecular flexibility index (Phi) is 4.98. The van der Waals surface area contributed by atoms with Gasteiger partial charge in [0.15, 0.2) is 0 Å². The van der Waals surface area contributed by atoms with Crippen LogP contribution in [0.15, 0.2) is 23.1 Å². The monoisotopic (exact) mass is 331 g/mol. The predicted octanol–water partition coefficient (Wildman–Crippen LogP) is 2.87. The second-order valence-corrected chi connectivity index (χ2v) is 8.22. The van der Waals surface area contributed by atoms with Crippen LogP contribution in [0.2, 0.25) is 5.02 Å². The molecule has 1 aliphatic carbocycles. The minimum atomic E-state index is -3.74. The van der Waals surface area contributed by atoms with Crippen molar-refractivity contribution in [1.82, 2.24) is 4.72 Å². The molecule has 0 heterocycles. The number of aryl methyl sites for hydroxylation is 1. The summed E-state index contributed by atoms with van der Waals surface area (Å²) in [5.74, 6) is 0.567. The van der Waals surface area contributed by atoms with Crippen LogP contribution in [0.4, 0.5) is 0 Å². The van der Waals surface area contributed by atoms with Gasteiger partial charge in [0, 0.05) is 0 Å². The highest BCUT2D eigenvalue weighted by Crippen LogP contribution is 2.33. The second-order valence-electron chi connectivity index (χ2n) is 6.16. The van der Waals surface area contributed by atoms with Gasteiger partial charge in [-0.1, -0.05) is 24.6 Å². The van der Waals surface area contributed by atoms with Gasteiger partial charge in [-0.3, -0.25) is 0 Å². The van der Waals surface area contributed by atoms with Gasteiger partial charge in [0.1, 0.15) is 4.90 Å². The maximum absolute atomic E-state index is 12.6. The lowest BCUT2D eigenvalue weighted by atomic mass is 9.78. The van der Waals surface area contributed by atoms with Gasteiger partial charge in [0.25, 0.3) is 0 Å². The number of benzene rings is 1. The average molecular weight is 332 g/mol. The molecule has 21 heavy (non-hydrogen) atoms. The molecule has 1 saturated carbocycles. The van der Waals surface area contributed by atoms with Crippen molar-refractivity contribution in [3.63, 3.8) is 0 Å². The second kappa shape index (κ2) is 6.24. The normalized spacial score (nSPS) is 26.8. The molecule has 1 fully saturated rings. The van der Waals surface area contributed by atoms with Crippen molar-refractivity contribution in [3.05, 3.63) is 28.8 Å². The fourth-order valence-corrected chi connectivity index (χ4v) is 4.82. The van der Waals surface area contributed by atoms with Gasteiger partial charge in [-0.25, -0.2) is 13.1 Å². The summed E-state index contributed by atoms with van der Waals surface area (Å²) in [4.78, 5) is 0.0706. The van der Waals surface area contributed by atoms with Crippen molar-refractivity contribution in [2.24, 2.45) is 5.92 Å². The van der Waals surface area contributed by atoms with Gasteiger partial charge < -0.3 is 5.11 Å². The Morgan fingerprint density at radius 3 is 2.52 bits per heavy atom. The molecule has 0 aliphatic heterocycles. The highest BCUT2D eigenvalue weighted by atomic mass is 35.5. The maximum Gasteiger partial charge on any atom is 0.242 e. The van der Waals surface area contributed by atoms with Crippen molar-refractivity contribution in [2.75, 3.05) is 6.61 Å².